The third kappa shape index (κ3) is 1.71. The average Bonchev–Trinajstić information content (AvgIpc) is 2.83. The monoisotopic (exact) mass is 309 g/mol. The zero-order valence-corrected chi connectivity index (χ0v) is 13.0. The number of aromatic nitrogens is 1. The van der Waals surface area contributed by atoms with E-state index in [2.05, 4.69) is 0 Å². The zero-order valence-electron chi connectivity index (χ0n) is 13.0. The van der Waals surface area contributed by atoms with Crippen LogP contribution < -0.4 is 15.2 Å². The van der Waals surface area contributed by atoms with Crippen molar-refractivity contribution in [1.82, 2.24) is 9.58 Å². The lowest BCUT2D eigenvalue weighted by molar-refractivity contribution is 0.0465. The second-order valence-electron chi connectivity index (χ2n) is 5.52. The molecule has 1 N–H and O–H groups in total. The number of hydrogen-bond acceptors (Lipinski definition) is 6. The van der Waals surface area contributed by atoms with Crippen molar-refractivity contribution in [3.05, 3.63) is 27.2 Å². The summed E-state index contributed by atoms with van der Waals surface area (Å²) < 4.78 is 12.0. The highest BCUT2D eigenvalue weighted by molar-refractivity contribution is 5.97. The standard InChI is InChI=1S/C14H19N3O5/c1-7-10-8(18)5-16-9(6-21-3)15(2)14(20)11(17(10)16)13(22-4)12(7)19/h8-9,18H,5-6H2,1-4H3. The van der Waals surface area contributed by atoms with Gasteiger partial charge in [-0.25, -0.2) is 4.68 Å². The number of ether oxygens (including phenoxy) is 2. The highest BCUT2D eigenvalue weighted by Crippen LogP contribution is 2.34. The molecule has 0 radical (unpaired) electrons. The summed E-state index contributed by atoms with van der Waals surface area (Å²) in [6.07, 6.45) is -1.19. The molecule has 3 rings (SSSR count). The van der Waals surface area contributed by atoms with Gasteiger partial charge in [0.1, 0.15) is 12.3 Å². The number of aliphatic hydroxyl groups is 1. The van der Waals surface area contributed by atoms with Crippen LogP contribution in [0, 0.1) is 6.92 Å². The summed E-state index contributed by atoms with van der Waals surface area (Å²) in [4.78, 5) is 26.6. The van der Waals surface area contributed by atoms with Gasteiger partial charge in [0.15, 0.2) is 11.4 Å². The number of amides is 1. The third-order valence-electron chi connectivity index (χ3n) is 4.35. The SMILES string of the molecule is COCC1N(C)C(=O)c2c(OC)c(=O)c(C)c3n2N1CC3O. The number of carbonyl (C=O) groups excluding carboxylic acids is 1. The third-order valence-corrected chi connectivity index (χ3v) is 4.35. The van der Waals surface area contributed by atoms with E-state index in [9.17, 15) is 14.7 Å². The van der Waals surface area contributed by atoms with E-state index in [1.807, 2.05) is 5.01 Å². The van der Waals surface area contributed by atoms with Crippen LogP contribution in [0.3, 0.4) is 0 Å². The fourth-order valence-electron chi connectivity index (χ4n) is 3.25. The van der Waals surface area contributed by atoms with Crippen LogP contribution in [0.2, 0.25) is 0 Å². The quantitative estimate of drug-likeness (QED) is 0.788. The molecule has 2 aliphatic rings. The Hall–Kier alpha value is -2.06. The molecular weight excluding hydrogens is 290 g/mol. The lowest BCUT2D eigenvalue weighted by Crippen LogP contribution is -2.60. The van der Waals surface area contributed by atoms with Gasteiger partial charge >= 0.3 is 0 Å². The fourth-order valence-corrected chi connectivity index (χ4v) is 3.25. The summed E-state index contributed by atoms with van der Waals surface area (Å²) >= 11 is 0. The highest BCUT2D eigenvalue weighted by atomic mass is 16.5. The molecule has 2 atom stereocenters. The van der Waals surface area contributed by atoms with Crippen molar-refractivity contribution in [2.45, 2.75) is 19.2 Å². The van der Waals surface area contributed by atoms with E-state index in [0.717, 1.165) is 0 Å². The molecule has 0 saturated heterocycles. The molecule has 8 nitrogen and oxygen atoms in total. The molecule has 3 heterocycles. The molecule has 0 spiro atoms. The van der Waals surface area contributed by atoms with Gasteiger partial charge in [0, 0.05) is 19.7 Å². The van der Waals surface area contributed by atoms with Crippen molar-refractivity contribution < 1.29 is 19.4 Å². The summed E-state index contributed by atoms with van der Waals surface area (Å²) in [5, 5.41) is 12.2. The lowest BCUT2D eigenvalue weighted by atomic mass is 10.1. The molecule has 0 aromatic carbocycles. The maximum absolute atomic E-state index is 12.7. The van der Waals surface area contributed by atoms with Gasteiger partial charge in [-0.2, -0.15) is 0 Å². The first-order chi connectivity index (χ1) is 10.4. The number of hydrogen-bond donors (Lipinski definition) is 1. The Balaban J connectivity index is 2.34. The second kappa shape index (κ2) is 4.99. The first-order valence-electron chi connectivity index (χ1n) is 6.98. The zero-order chi connectivity index (χ0) is 16.2. The normalized spacial score (nSPS) is 23.0. The van der Waals surface area contributed by atoms with Crippen LogP contribution >= 0.6 is 0 Å². The van der Waals surface area contributed by atoms with Crippen molar-refractivity contribution in [1.29, 1.82) is 0 Å². The molecule has 1 amide bonds. The largest absolute Gasteiger partial charge is 0.491 e. The predicted molar refractivity (Wildman–Crippen MR) is 77.8 cm³/mol. The van der Waals surface area contributed by atoms with Crippen LogP contribution in [-0.2, 0) is 4.74 Å². The number of aliphatic hydroxyl groups excluding tert-OH is 1. The summed E-state index contributed by atoms with van der Waals surface area (Å²) in [5.74, 6) is -0.323. The van der Waals surface area contributed by atoms with Gasteiger partial charge in [0.05, 0.1) is 26.0 Å². The fraction of sp³-hybridized carbons (Fsp3) is 0.571. The number of rotatable bonds is 3. The number of likely N-dealkylation sites (N-methyl/N-ethyl adjacent to an activating group) is 1. The maximum Gasteiger partial charge on any atom is 0.277 e. The maximum atomic E-state index is 12.7. The molecular formula is C14H19N3O5. The minimum absolute atomic E-state index is 0.00747. The van der Waals surface area contributed by atoms with Gasteiger partial charge in [0.2, 0.25) is 5.43 Å². The van der Waals surface area contributed by atoms with Crippen molar-refractivity contribution in [3.8, 4) is 5.75 Å². The molecule has 1 aromatic heterocycles. The first kappa shape index (κ1) is 14.9. The number of nitrogens with zero attached hydrogens (tertiary/aromatic N) is 3. The van der Waals surface area contributed by atoms with E-state index in [1.54, 1.807) is 25.8 Å². The Bertz CT molecular complexity index is 699. The van der Waals surface area contributed by atoms with Crippen molar-refractivity contribution in [3.63, 3.8) is 0 Å². The summed E-state index contributed by atoms with van der Waals surface area (Å²) in [7, 11) is 4.56. The molecule has 2 aliphatic heterocycles. The van der Waals surface area contributed by atoms with E-state index in [0.29, 0.717) is 17.9 Å². The Kier molecular flexibility index (Phi) is 3.37. The molecule has 0 fully saturated rings. The van der Waals surface area contributed by atoms with E-state index in [1.165, 1.54) is 12.0 Å². The van der Waals surface area contributed by atoms with Crippen LogP contribution in [0.5, 0.6) is 5.75 Å². The summed E-state index contributed by atoms with van der Waals surface area (Å²) in [6, 6.07) is 0. The van der Waals surface area contributed by atoms with Gasteiger partial charge in [-0.05, 0) is 6.92 Å². The smallest absolute Gasteiger partial charge is 0.277 e. The number of methoxy groups -OCH3 is 2. The average molecular weight is 309 g/mol. The Morgan fingerprint density at radius 3 is 2.59 bits per heavy atom. The van der Waals surface area contributed by atoms with E-state index in [-0.39, 0.29) is 35.5 Å². The van der Waals surface area contributed by atoms with Crippen LogP contribution in [0.4, 0.5) is 0 Å². The molecule has 8 heteroatoms. The van der Waals surface area contributed by atoms with Crippen LogP contribution in [0.15, 0.2) is 4.79 Å². The predicted octanol–water partition coefficient (Wildman–Crippen LogP) is -0.792. The van der Waals surface area contributed by atoms with E-state index < -0.39 is 6.10 Å². The van der Waals surface area contributed by atoms with E-state index in [4.69, 9.17) is 9.47 Å². The Morgan fingerprint density at radius 1 is 1.32 bits per heavy atom. The molecule has 0 bridgehead atoms. The lowest BCUT2D eigenvalue weighted by Gasteiger charge is -2.42. The number of carbonyl (C=O) groups is 1. The van der Waals surface area contributed by atoms with Gasteiger partial charge in [0.25, 0.3) is 5.91 Å². The van der Waals surface area contributed by atoms with Crippen molar-refractivity contribution in [2.24, 2.45) is 0 Å². The van der Waals surface area contributed by atoms with Crippen LogP contribution in [0.25, 0.3) is 0 Å². The minimum Gasteiger partial charge on any atom is -0.491 e. The van der Waals surface area contributed by atoms with Gasteiger partial charge < -0.3 is 19.5 Å². The van der Waals surface area contributed by atoms with E-state index >= 15 is 0 Å². The molecule has 0 aliphatic carbocycles. The van der Waals surface area contributed by atoms with Crippen LogP contribution in [-0.4, -0.2) is 61.2 Å². The van der Waals surface area contributed by atoms with Gasteiger partial charge in [-0.1, -0.05) is 0 Å². The van der Waals surface area contributed by atoms with Crippen LogP contribution in [0.1, 0.15) is 27.8 Å². The van der Waals surface area contributed by atoms with Crippen molar-refractivity contribution in [2.75, 3.05) is 39.4 Å². The summed E-state index contributed by atoms with van der Waals surface area (Å²) in [6.45, 7) is 2.21. The Morgan fingerprint density at radius 2 is 2.00 bits per heavy atom. The Labute approximate surface area is 127 Å². The molecule has 2 unspecified atom stereocenters. The highest BCUT2D eigenvalue weighted by Gasteiger charge is 2.45. The molecule has 22 heavy (non-hydrogen) atoms. The second-order valence-corrected chi connectivity index (χ2v) is 5.52. The van der Waals surface area contributed by atoms with Gasteiger partial charge in [-0.15, -0.1) is 0 Å². The first-order valence-corrected chi connectivity index (χ1v) is 6.98. The minimum atomic E-state index is -0.837. The summed E-state index contributed by atoms with van der Waals surface area (Å²) in [5.41, 5.74) is 0.628. The topological polar surface area (TPSA) is 84.2 Å². The molecule has 0 saturated carbocycles. The molecule has 120 valence electrons. The van der Waals surface area contributed by atoms with Crippen molar-refractivity contribution >= 4 is 5.91 Å². The number of pyridine rings is 1. The molecule has 1 aromatic rings. The van der Waals surface area contributed by atoms with Gasteiger partial charge in [-0.3, -0.25) is 14.6 Å².